The van der Waals surface area contributed by atoms with Gasteiger partial charge in [0.15, 0.2) is 0 Å². The van der Waals surface area contributed by atoms with Crippen LogP contribution < -0.4 is 10.1 Å². The predicted molar refractivity (Wildman–Crippen MR) is 75.8 cm³/mol. The van der Waals surface area contributed by atoms with Crippen LogP contribution in [0.2, 0.25) is 0 Å². The lowest BCUT2D eigenvalue weighted by Gasteiger charge is -2.06. The molecule has 0 spiro atoms. The van der Waals surface area contributed by atoms with Crippen molar-refractivity contribution in [3.8, 4) is 5.75 Å². The zero-order valence-electron chi connectivity index (χ0n) is 10.5. The second kappa shape index (κ2) is 4.94. The number of fused-ring (bicyclic) bond motifs is 1. The first-order valence-electron chi connectivity index (χ1n) is 5.98. The van der Waals surface area contributed by atoms with Crippen LogP contribution in [-0.4, -0.2) is 17.1 Å². The molecule has 0 amide bonds. The van der Waals surface area contributed by atoms with Gasteiger partial charge in [-0.05, 0) is 24.3 Å². The molecule has 0 saturated heterocycles. The van der Waals surface area contributed by atoms with E-state index in [1.807, 2.05) is 48.5 Å². The summed E-state index contributed by atoms with van der Waals surface area (Å²) < 4.78 is 5.20. The molecule has 3 aromatic rings. The van der Waals surface area contributed by atoms with Crippen molar-refractivity contribution in [2.24, 2.45) is 0 Å². The lowest BCUT2D eigenvalue weighted by Crippen LogP contribution is -1.96. The number of nitrogens with zero attached hydrogens (tertiary/aromatic N) is 2. The molecule has 94 valence electrons. The van der Waals surface area contributed by atoms with Crippen LogP contribution in [0, 0.1) is 0 Å². The van der Waals surface area contributed by atoms with E-state index in [2.05, 4.69) is 15.3 Å². The van der Waals surface area contributed by atoms with Crippen LogP contribution in [0.4, 0.5) is 11.6 Å². The van der Waals surface area contributed by atoms with E-state index in [1.165, 1.54) is 0 Å². The molecule has 0 fully saturated rings. The molecule has 4 nitrogen and oxygen atoms in total. The highest BCUT2D eigenvalue weighted by Crippen LogP contribution is 2.20. The minimum absolute atomic E-state index is 0.576. The normalized spacial score (nSPS) is 10.4. The second-order valence-electron chi connectivity index (χ2n) is 4.11. The molecule has 0 radical (unpaired) electrons. The SMILES string of the molecule is COc1ccc2cnc(Nc3ccccc3)nc2c1. The lowest BCUT2D eigenvalue weighted by atomic mass is 10.2. The quantitative estimate of drug-likeness (QED) is 0.775. The summed E-state index contributed by atoms with van der Waals surface area (Å²) in [4.78, 5) is 8.77. The minimum Gasteiger partial charge on any atom is -0.497 e. The molecule has 0 saturated carbocycles. The molecule has 2 aromatic carbocycles. The largest absolute Gasteiger partial charge is 0.497 e. The average molecular weight is 251 g/mol. The molecular formula is C15H13N3O. The molecule has 0 aliphatic heterocycles. The highest BCUT2D eigenvalue weighted by molar-refractivity contribution is 5.80. The Bertz CT molecular complexity index is 698. The van der Waals surface area contributed by atoms with E-state index in [9.17, 15) is 0 Å². The number of para-hydroxylation sites is 1. The topological polar surface area (TPSA) is 47.0 Å². The van der Waals surface area contributed by atoms with Crippen LogP contribution in [0.15, 0.2) is 54.7 Å². The number of aromatic nitrogens is 2. The van der Waals surface area contributed by atoms with E-state index in [-0.39, 0.29) is 0 Å². The Kier molecular flexibility index (Phi) is 2.98. The van der Waals surface area contributed by atoms with Gasteiger partial charge in [-0.25, -0.2) is 9.97 Å². The first-order valence-corrected chi connectivity index (χ1v) is 5.98. The maximum Gasteiger partial charge on any atom is 0.227 e. The van der Waals surface area contributed by atoms with E-state index in [1.54, 1.807) is 13.3 Å². The molecule has 0 atom stereocenters. The molecule has 1 N–H and O–H groups in total. The van der Waals surface area contributed by atoms with Gasteiger partial charge in [-0.2, -0.15) is 0 Å². The molecule has 1 aromatic heterocycles. The number of methoxy groups -OCH3 is 1. The number of ether oxygens (including phenoxy) is 1. The van der Waals surface area contributed by atoms with Crippen molar-refractivity contribution in [1.82, 2.24) is 9.97 Å². The Morgan fingerprint density at radius 3 is 2.68 bits per heavy atom. The Balaban J connectivity index is 1.96. The summed E-state index contributed by atoms with van der Waals surface area (Å²) >= 11 is 0. The summed E-state index contributed by atoms with van der Waals surface area (Å²) in [6.45, 7) is 0. The van der Waals surface area contributed by atoms with Crippen molar-refractivity contribution in [3.63, 3.8) is 0 Å². The summed E-state index contributed by atoms with van der Waals surface area (Å²) in [7, 11) is 1.64. The fraction of sp³-hybridized carbons (Fsp3) is 0.0667. The summed E-state index contributed by atoms with van der Waals surface area (Å²) in [5.74, 6) is 1.36. The fourth-order valence-corrected chi connectivity index (χ4v) is 1.84. The van der Waals surface area contributed by atoms with Gasteiger partial charge in [0.05, 0.1) is 12.6 Å². The Morgan fingerprint density at radius 1 is 1.05 bits per heavy atom. The number of hydrogen-bond acceptors (Lipinski definition) is 4. The van der Waals surface area contributed by atoms with Gasteiger partial charge in [-0.3, -0.25) is 0 Å². The summed E-state index contributed by atoms with van der Waals surface area (Å²) in [6, 6.07) is 15.6. The molecule has 0 bridgehead atoms. The highest BCUT2D eigenvalue weighted by Gasteiger charge is 2.02. The van der Waals surface area contributed by atoms with Crippen LogP contribution in [0.3, 0.4) is 0 Å². The van der Waals surface area contributed by atoms with Crippen molar-refractivity contribution in [2.45, 2.75) is 0 Å². The third kappa shape index (κ3) is 2.47. The zero-order valence-corrected chi connectivity index (χ0v) is 10.5. The zero-order chi connectivity index (χ0) is 13.1. The number of rotatable bonds is 3. The Labute approximate surface area is 111 Å². The van der Waals surface area contributed by atoms with Gasteiger partial charge in [-0.1, -0.05) is 18.2 Å². The average Bonchev–Trinajstić information content (AvgIpc) is 2.47. The number of hydrogen-bond donors (Lipinski definition) is 1. The second-order valence-corrected chi connectivity index (χ2v) is 4.11. The van der Waals surface area contributed by atoms with Crippen LogP contribution in [0.25, 0.3) is 10.9 Å². The summed E-state index contributed by atoms with van der Waals surface area (Å²) in [5.41, 5.74) is 1.82. The van der Waals surface area contributed by atoms with E-state index in [0.717, 1.165) is 22.3 Å². The minimum atomic E-state index is 0.576. The number of benzene rings is 2. The predicted octanol–water partition coefficient (Wildman–Crippen LogP) is 3.38. The van der Waals surface area contributed by atoms with Crippen LogP contribution in [-0.2, 0) is 0 Å². The Hall–Kier alpha value is -2.62. The molecule has 0 aliphatic rings. The first kappa shape index (κ1) is 11.5. The van der Waals surface area contributed by atoms with Gasteiger partial charge in [-0.15, -0.1) is 0 Å². The third-order valence-corrected chi connectivity index (χ3v) is 2.82. The smallest absolute Gasteiger partial charge is 0.227 e. The van der Waals surface area contributed by atoms with Gasteiger partial charge in [0.1, 0.15) is 5.75 Å². The Morgan fingerprint density at radius 2 is 1.89 bits per heavy atom. The van der Waals surface area contributed by atoms with Crippen molar-refractivity contribution >= 4 is 22.5 Å². The summed E-state index contributed by atoms with van der Waals surface area (Å²) in [5, 5.41) is 4.16. The molecule has 0 unspecified atom stereocenters. The van der Waals surface area contributed by atoms with Crippen molar-refractivity contribution in [2.75, 3.05) is 12.4 Å². The maximum absolute atomic E-state index is 5.20. The molecular weight excluding hydrogens is 238 g/mol. The number of nitrogens with one attached hydrogen (secondary N) is 1. The van der Waals surface area contributed by atoms with Crippen LogP contribution in [0.1, 0.15) is 0 Å². The van der Waals surface area contributed by atoms with Crippen LogP contribution >= 0.6 is 0 Å². The molecule has 0 aliphatic carbocycles. The number of anilines is 2. The van der Waals surface area contributed by atoms with Crippen molar-refractivity contribution in [3.05, 3.63) is 54.7 Å². The van der Waals surface area contributed by atoms with E-state index in [4.69, 9.17) is 4.74 Å². The standard InChI is InChI=1S/C15H13N3O/c1-19-13-8-7-11-10-16-15(18-14(11)9-13)17-12-5-3-2-4-6-12/h2-10H,1H3,(H,16,17,18). The highest BCUT2D eigenvalue weighted by atomic mass is 16.5. The van der Waals surface area contributed by atoms with Gasteiger partial charge in [0.2, 0.25) is 5.95 Å². The molecule has 4 heteroatoms. The van der Waals surface area contributed by atoms with Gasteiger partial charge < -0.3 is 10.1 Å². The molecule has 1 heterocycles. The first-order chi connectivity index (χ1) is 9.35. The fourth-order valence-electron chi connectivity index (χ4n) is 1.84. The van der Waals surface area contributed by atoms with Gasteiger partial charge in [0.25, 0.3) is 0 Å². The lowest BCUT2D eigenvalue weighted by molar-refractivity contribution is 0.415. The van der Waals surface area contributed by atoms with E-state index in [0.29, 0.717) is 5.95 Å². The van der Waals surface area contributed by atoms with Crippen molar-refractivity contribution in [1.29, 1.82) is 0 Å². The third-order valence-electron chi connectivity index (χ3n) is 2.82. The van der Waals surface area contributed by atoms with Gasteiger partial charge >= 0.3 is 0 Å². The summed E-state index contributed by atoms with van der Waals surface area (Å²) in [6.07, 6.45) is 1.80. The monoisotopic (exact) mass is 251 g/mol. The van der Waals surface area contributed by atoms with Crippen LogP contribution in [0.5, 0.6) is 5.75 Å². The van der Waals surface area contributed by atoms with Crippen molar-refractivity contribution < 1.29 is 4.74 Å². The van der Waals surface area contributed by atoms with Gasteiger partial charge in [0, 0.05) is 23.3 Å². The van der Waals surface area contributed by atoms with E-state index < -0.39 is 0 Å². The maximum atomic E-state index is 5.20. The molecule has 19 heavy (non-hydrogen) atoms. The van der Waals surface area contributed by atoms with E-state index >= 15 is 0 Å². The molecule has 3 rings (SSSR count).